The van der Waals surface area contributed by atoms with Crippen molar-refractivity contribution in [3.8, 4) is 5.88 Å². The molecule has 0 atom stereocenters. The number of nitrogens with zero attached hydrogens (tertiary/aromatic N) is 2. The molecule has 0 aliphatic heterocycles. The van der Waals surface area contributed by atoms with Gasteiger partial charge in [-0.15, -0.1) is 0 Å². The van der Waals surface area contributed by atoms with Crippen molar-refractivity contribution in [3.05, 3.63) is 44.6 Å². The number of ether oxygens (including phenoxy) is 1. The Kier molecular flexibility index (Phi) is 4.30. The number of nitro groups is 1. The topological polar surface area (TPSA) is 77.3 Å². The summed E-state index contributed by atoms with van der Waals surface area (Å²) in [5.74, 6) is 0.586. The second-order valence-electron chi connectivity index (χ2n) is 3.79. The minimum absolute atomic E-state index is 0.0499. The molecule has 7 heteroatoms. The Morgan fingerprint density at radius 2 is 2.32 bits per heavy atom. The Labute approximate surface area is 114 Å². The highest BCUT2D eigenvalue weighted by atomic mass is 32.1. The summed E-state index contributed by atoms with van der Waals surface area (Å²) in [6.07, 6.45) is 0.791. The van der Waals surface area contributed by atoms with Crippen LogP contribution in [0, 0.1) is 10.1 Å². The summed E-state index contributed by atoms with van der Waals surface area (Å²) >= 11 is 1.63. The van der Waals surface area contributed by atoms with Gasteiger partial charge in [0.05, 0.1) is 12.0 Å². The van der Waals surface area contributed by atoms with Gasteiger partial charge in [-0.25, -0.2) is 0 Å². The first kappa shape index (κ1) is 13.3. The minimum atomic E-state index is -0.459. The first-order chi connectivity index (χ1) is 9.20. The Morgan fingerprint density at radius 3 is 2.95 bits per heavy atom. The highest BCUT2D eigenvalue weighted by Gasteiger charge is 2.15. The maximum absolute atomic E-state index is 10.9. The number of aromatic nitrogens is 1. The first-order valence-electron chi connectivity index (χ1n) is 5.65. The fourth-order valence-corrected chi connectivity index (χ4v) is 2.29. The molecule has 2 heterocycles. The van der Waals surface area contributed by atoms with Crippen LogP contribution in [0.25, 0.3) is 0 Å². The Balaban J connectivity index is 2.06. The third kappa shape index (κ3) is 3.41. The lowest BCUT2D eigenvalue weighted by Gasteiger charge is -2.07. The number of methoxy groups -OCH3 is 1. The normalized spacial score (nSPS) is 10.2. The maximum atomic E-state index is 10.9. The van der Waals surface area contributed by atoms with Crippen LogP contribution in [-0.4, -0.2) is 23.6 Å². The average molecular weight is 279 g/mol. The fraction of sp³-hybridized carbons (Fsp3) is 0.250. The third-order valence-corrected chi connectivity index (χ3v) is 3.27. The van der Waals surface area contributed by atoms with E-state index in [1.807, 2.05) is 11.4 Å². The van der Waals surface area contributed by atoms with Crippen molar-refractivity contribution in [1.82, 2.24) is 4.98 Å². The number of hydrogen-bond acceptors (Lipinski definition) is 6. The molecule has 1 N–H and O–H groups in total. The summed E-state index contributed by atoms with van der Waals surface area (Å²) < 4.78 is 4.97. The molecule has 0 saturated heterocycles. The van der Waals surface area contributed by atoms with E-state index >= 15 is 0 Å². The average Bonchev–Trinajstić information content (AvgIpc) is 2.91. The number of pyridine rings is 1. The number of nitrogens with one attached hydrogen (secondary N) is 1. The van der Waals surface area contributed by atoms with Crippen molar-refractivity contribution in [2.75, 3.05) is 19.0 Å². The summed E-state index contributed by atoms with van der Waals surface area (Å²) in [5.41, 5.74) is 1.15. The number of rotatable bonds is 6. The van der Waals surface area contributed by atoms with Crippen LogP contribution in [0.15, 0.2) is 29.0 Å². The van der Waals surface area contributed by atoms with E-state index in [9.17, 15) is 10.1 Å². The molecule has 0 aromatic carbocycles. The molecule has 2 rings (SSSR count). The van der Waals surface area contributed by atoms with Gasteiger partial charge in [-0.3, -0.25) is 10.1 Å². The van der Waals surface area contributed by atoms with Crippen LogP contribution < -0.4 is 10.1 Å². The maximum Gasteiger partial charge on any atom is 0.311 e. The summed E-state index contributed by atoms with van der Waals surface area (Å²) in [6, 6.07) is 4.89. The molecular formula is C12H13N3O3S. The molecule has 0 radical (unpaired) electrons. The van der Waals surface area contributed by atoms with Gasteiger partial charge in [0.2, 0.25) is 11.7 Å². The van der Waals surface area contributed by atoms with Crippen LogP contribution in [-0.2, 0) is 6.42 Å². The van der Waals surface area contributed by atoms with Gasteiger partial charge in [0.25, 0.3) is 0 Å². The lowest BCUT2D eigenvalue weighted by molar-refractivity contribution is -0.384. The van der Waals surface area contributed by atoms with Crippen LogP contribution in [0.3, 0.4) is 0 Å². The van der Waals surface area contributed by atoms with Gasteiger partial charge in [-0.1, -0.05) is 0 Å². The molecule has 0 unspecified atom stereocenters. The second-order valence-corrected chi connectivity index (χ2v) is 4.57. The zero-order valence-corrected chi connectivity index (χ0v) is 11.1. The molecule has 0 bridgehead atoms. The number of thiophene rings is 1. The molecule has 0 spiro atoms. The molecule has 6 nitrogen and oxygen atoms in total. The van der Waals surface area contributed by atoms with Gasteiger partial charge in [-0.2, -0.15) is 16.3 Å². The van der Waals surface area contributed by atoms with Crippen molar-refractivity contribution in [3.63, 3.8) is 0 Å². The van der Waals surface area contributed by atoms with E-state index in [1.165, 1.54) is 24.8 Å². The SMILES string of the molecule is COc1ccc([N+](=O)[O-])c(NCCc2ccsc2)n1. The third-order valence-electron chi connectivity index (χ3n) is 2.54. The van der Waals surface area contributed by atoms with Crippen LogP contribution in [0.1, 0.15) is 5.56 Å². The van der Waals surface area contributed by atoms with Gasteiger partial charge in [0, 0.05) is 18.7 Å². The molecule has 2 aromatic heterocycles. The van der Waals surface area contributed by atoms with Crippen molar-refractivity contribution in [2.24, 2.45) is 0 Å². The second kappa shape index (κ2) is 6.14. The van der Waals surface area contributed by atoms with E-state index in [2.05, 4.69) is 15.7 Å². The molecule has 0 fully saturated rings. The van der Waals surface area contributed by atoms with Crippen LogP contribution in [0.4, 0.5) is 11.5 Å². The molecule has 0 amide bonds. The quantitative estimate of drug-likeness (QED) is 0.649. The highest BCUT2D eigenvalue weighted by Crippen LogP contribution is 2.24. The standard InChI is InChI=1S/C12H13N3O3S/c1-18-11-3-2-10(15(16)17)12(14-11)13-6-4-9-5-7-19-8-9/h2-3,5,7-8H,4,6H2,1H3,(H,13,14). The van der Waals surface area contributed by atoms with Crippen molar-refractivity contribution < 1.29 is 9.66 Å². The van der Waals surface area contributed by atoms with E-state index in [0.29, 0.717) is 12.4 Å². The lowest BCUT2D eigenvalue weighted by Crippen LogP contribution is -2.08. The van der Waals surface area contributed by atoms with Gasteiger partial charge in [-0.05, 0) is 28.8 Å². The largest absolute Gasteiger partial charge is 0.481 e. The smallest absolute Gasteiger partial charge is 0.311 e. The molecule has 0 aliphatic carbocycles. The summed E-state index contributed by atoms with van der Waals surface area (Å²) in [7, 11) is 1.48. The zero-order chi connectivity index (χ0) is 13.7. The lowest BCUT2D eigenvalue weighted by atomic mass is 10.2. The number of hydrogen-bond donors (Lipinski definition) is 1. The minimum Gasteiger partial charge on any atom is -0.481 e. The molecular weight excluding hydrogens is 266 g/mol. The van der Waals surface area contributed by atoms with Gasteiger partial charge in [0.1, 0.15) is 0 Å². The van der Waals surface area contributed by atoms with Crippen molar-refractivity contribution in [1.29, 1.82) is 0 Å². The summed E-state index contributed by atoms with van der Waals surface area (Å²) in [6.45, 7) is 0.581. The van der Waals surface area contributed by atoms with Crippen molar-refractivity contribution >= 4 is 22.8 Å². The summed E-state index contributed by atoms with van der Waals surface area (Å²) in [5, 5.41) is 17.9. The molecule has 0 aliphatic rings. The Bertz CT molecular complexity index is 557. The first-order valence-corrected chi connectivity index (χ1v) is 6.59. The van der Waals surface area contributed by atoms with E-state index < -0.39 is 4.92 Å². The fourth-order valence-electron chi connectivity index (χ4n) is 1.59. The van der Waals surface area contributed by atoms with Crippen LogP contribution in [0.2, 0.25) is 0 Å². The molecule has 19 heavy (non-hydrogen) atoms. The Morgan fingerprint density at radius 1 is 1.47 bits per heavy atom. The molecule has 2 aromatic rings. The molecule has 100 valence electrons. The summed E-state index contributed by atoms with van der Waals surface area (Å²) in [4.78, 5) is 14.5. The molecule has 0 saturated carbocycles. The van der Waals surface area contributed by atoms with E-state index in [4.69, 9.17) is 4.74 Å². The van der Waals surface area contributed by atoms with E-state index in [-0.39, 0.29) is 11.5 Å². The van der Waals surface area contributed by atoms with Crippen LogP contribution >= 0.6 is 11.3 Å². The number of anilines is 1. The van der Waals surface area contributed by atoms with Crippen molar-refractivity contribution in [2.45, 2.75) is 6.42 Å². The van der Waals surface area contributed by atoms with Gasteiger partial charge >= 0.3 is 5.69 Å². The van der Waals surface area contributed by atoms with Gasteiger partial charge < -0.3 is 10.1 Å². The predicted octanol–water partition coefficient (Wildman–Crippen LogP) is 2.71. The monoisotopic (exact) mass is 279 g/mol. The Hall–Kier alpha value is -2.15. The zero-order valence-electron chi connectivity index (χ0n) is 10.3. The predicted molar refractivity (Wildman–Crippen MR) is 74.0 cm³/mol. The van der Waals surface area contributed by atoms with E-state index in [1.54, 1.807) is 11.3 Å². The van der Waals surface area contributed by atoms with Crippen LogP contribution in [0.5, 0.6) is 5.88 Å². The highest BCUT2D eigenvalue weighted by molar-refractivity contribution is 7.07. The van der Waals surface area contributed by atoms with E-state index in [0.717, 1.165) is 6.42 Å². The van der Waals surface area contributed by atoms with Gasteiger partial charge in [0.15, 0.2) is 0 Å².